The molecule has 1 heterocycles. The van der Waals surface area contributed by atoms with E-state index < -0.39 is 11.7 Å². The SMILES string of the molecule is Cc1ccc(-c2nnc(SCC(=O)Nc3ccccc3C(=O)Nc3ccc(F)cc3)n2C)cc1. The molecule has 2 amide bonds. The van der Waals surface area contributed by atoms with Crippen LogP contribution in [0.3, 0.4) is 0 Å². The Kier molecular flexibility index (Phi) is 7.03. The average molecular weight is 476 g/mol. The van der Waals surface area contributed by atoms with Gasteiger partial charge in [0.2, 0.25) is 5.91 Å². The van der Waals surface area contributed by atoms with Crippen LogP contribution in [-0.4, -0.2) is 32.3 Å². The monoisotopic (exact) mass is 475 g/mol. The molecule has 0 saturated heterocycles. The van der Waals surface area contributed by atoms with Crippen molar-refractivity contribution in [2.24, 2.45) is 7.05 Å². The molecule has 0 spiro atoms. The lowest BCUT2D eigenvalue weighted by molar-refractivity contribution is -0.113. The Bertz CT molecular complexity index is 1320. The number of rotatable bonds is 7. The highest BCUT2D eigenvalue weighted by Crippen LogP contribution is 2.24. The van der Waals surface area contributed by atoms with Gasteiger partial charge >= 0.3 is 0 Å². The largest absolute Gasteiger partial charge is 0.325 e. The van der Waals surface area contributed by atoms with E-state index in [2.05, 4.69) is 20.8 Å². The van der Waals surface area contributed by atoms with E-state index >= 15 is 0 Å². The number of hydrogen-bond donors (Lipinski definition) is 2. The van der Waals surface area contributed by atoms with E-state index in [1.165, 1.54) is 36.0 Å². The van der Waals surface area contributed by atoms with Gasteiger partial charge in [-0.15, -0.1) is 10.2 Å². The normalized spacial score (nSPS) is 10.7. The number of nitrogens with one attached hydrogen (secondary N) is 2. The highest BCUT2D eigenvalue weighted by molar-refractivity contribution is 7.99. The number of carbonyl (C=O) groups excluding carboxylic acids is 2. The molecule has 2 N–H and O–H groups in total. The lowest BCUT2D eigenvalue weighted by atomic mass is 10.1. The second-order valence-corrected chi connectivity index (χ2v) is 8.52. The fourth-order valence-electron chi connectivity index (χ4n) is 3.23. The summed E-state index contributed by atoms with van der Waals surface area (Å²) in [6.45, 7) is 2.02. The number of halogens is 1. The minimum atomic E-state index is -0.411. The number of aromatic nitrogens is 3. The van der Waals surface area contributed by atoms with Gasteiger partial charge in [0, 0.05) is 18.3 Å². The predicted molar refractivity (Wildman–Crippen MR) is 131 cm³/mol. The van der Waals surface area contributed by atoms with Crippen molar-refractivity contribution in [2.45, 2.75) is 12.1 Å². The summed E-state index contributed by atoms with van der Waals surface area (Å²) in [7, 11) is 1.85. The molecular weight excluding hydrogens is 453 g/mol. The number of hydrogen-bond acceptors (Lipinski definition) is 5. The van der Waals surface area contributed by atoms with Gasteiger partial charge in [-0.25, -0.2) is 4.39 Å². The molecule has 3 aromatic carbocycles. The molecule has 34 heavy (non-hydrogen) atoms. The van der Waals surface area contributed by atoms with Gasteiger partial charge in [-0.2, -0.15) is 0 Å². The number of aryl methyl sites for hydroxylation is 1. The predicted octanol–water partition coefficient (Wildman–Crippen LogP) is 4.91. The molecule has 0 bridgehead atoms. The van der Waals surface area contributed by atoms with Gasteiger partial charge in [-0.3, -0.25) is 9.59 Å². The van der Waals surface area contributed by atoms with Crippen molar-refractivity contribution in [1.29, 1.82) is 0 Å². The molecule has 4 aromatic rings. The molecule has 0 aliphatic heterocycles. The molecule has 172 valence electrons. The Balaban J connectivity index is 1.40. The van der Waals surface area contributed by atoms with Gasteiger partial charge < -0.3 is 15.2 Å². The summed E-state index contributed by atoms with van der Waals surface area (Å²) in [6.07, 6.45) is 0. The number of benzene rings is 3. The number of amides is 2. The van der Waals surface area contributed by atoms with Crippen molar-refractivity contribution in [2.75, 3.05) is 16.4 Å². The lowest BCUT2D eigenvalue weighted by Gasteiger charge is -2.11. The van der Waals surface area contributed by atoms with E-state index in [-0.39, 0.29) is 11.7 Å². The van der Waals surface area contributed by atoms with E-state index in [1.807, 2.05) is 42.8 Å². The van der Waals surface area contributed by atoms with Crippen molar-refractivity contribution < 1.29 is 14.0 Å². The molecule has 0 atom stereocenters. The fourth-order valence-corrected chi connectivity index (χ4v) is 3.94. The van der Waals surface area contributed by atoms with Crippen LogP contribution in [0.15, 0.2) is 78.0 Å². The quantitative estimate of drug-likeness (QED) is 0.371. The third-order valence-electron chi connectivity index (χ3n) is 5.02. The molecule has 0 aliphatic carbocycles. The lowest BCUT2D eigenvalue weighted by Crippen LogP contribution is -2.19. The maximum Gasteiger partial charge on any atom is 0.257 e. The number of para-hydroxylation sites is 1. The van der Waals surface area contributed by atoms with Crippen molar-refractivity contribution in [3.8, 4) is 11.4 Å². The third kappa shape index (κ3) is 5.49. The van der Waals surface area contributed by atoms with E-state index in [0.717, 1.165) is 11.1 Å². The summed E-state index contributed by atoms with van der Waals surface area (Å²) in [5, 5.41) is 14.5. The molecule has 7 nitrogen and oxygen atoms in total. The molecule has 4 rings (SSSR count). The topological polar surface area (TPSA) is 88.9 Å². The summed E-state index contributed by atoms with van der Waals surface area (Å²) in [6, 6.07) is 20.1. The first kappa shape index (κ1) is 23.2. The Hall–Kier alpha value is -3.98. The zero-order valence-electron chi connectivity index (χ0n) is 18.6. The van der Waals surface area contributed by atoms with Crippen LogP contribution in [0.5, 0.6) is 0 Å². The number of anilines is 2. The number of carbonyl (C=O) groups is 2. The van der Waals surface area contributed by atoms with Crippen molar-refractivity contribution >= 4 is 35.0 Å². The average Bonchev–Trinajstić information content (AvgIpc) is 3.20. The molecule has 1 aromatic heterocycles. The summed E-state index contributed by atoms with van der Waals surface area (Å²) in [5.74, 6) is -0.283. The van der Waals surface area contributed by atoms with Crippen molar-refractivity contribution in [3.05, 3.63) is 89.7 Å². The molecule has 0 radical (unpaired) electrons. The highest BCUT2D eigenvalue weighted by Gasteiger charge is 2.16. The fraction of sp³-hybridized carbons (Fsp3) is 0.120. The van der Waals surface area contributed by atoms with E-state index in [4.69, 9.17) is 0 Å². The van der Waals surface area contributed by atoms with Crippen LogP contribution in [0, 0.1) is 12.7 Å². The van der Waals surface area contributed by atoms with Crippen LogP contribution >= 0.6 is 11.8 Å². The zero-order chi connectivity index (χ0) is 24.1. The van der Waals surface area contributed by atoms with E-state index in [9.17, 15) is 14.0 Å². The summed E-state index contributed by atoms with van der Waals surface area (Å²) in [4.78, 5) is 25.3. The highest BCUT2D eigenvalue weighted by atomic mass is 32.2. The first-order chi connectivity index (χ1) is 16.4. The van der Waals surface area contributed by atoms with Gasteiger partial charge in [-0.05, 0) is 43.3 Å². The van der Waals surface area contributed by atoms with Gasteiger partial charge in [0.15, 0.2) is 11.0 Å². The Labute approximate surface area is 200 Å². The zero-order valence-corrected chi connectivity index (χ0v) is 19.4. The summed E-state index contributed by atoms with van der Waals surface area (Å²) < 4.78 is 14.9. The van der Waals surface area contributed by atoms with E-state index in [1.54, 1.807) is 24.3 Å². The van der Waals surface area contributed by atoms with Crippen LogP contribution in [0.25, 0.3) is 11.4 Å². The van der Waals surface area contributed by atoms with Gasteiger partial charge in [0.1, 0.15) is 5.82 Å². The Morgan fingerprint density at radius 1 is 0.941 bits per heavy atom. The maximum absolute atomic E-state index is 13.1. The third-order valence-corrected chi connectivity index (χ3v) is 6.05. The minimum Gasteiger partial charge on any atom is -0.325 e. The number of nitrogens with zero attached hydrogens (tertiary/aromatic N) is 3. The first-order valence-electron chi connectivity index (χ1n) is 10.5. The van der Waals surface area contributed by atoms with Gasteiger partial charge in [0.05, 0.1) is 17.0 Å². The standard InChI is InChI=1S/C25H22FN5O2S/c1-16-7-9-17(10-8-16)23-29-30-25(31(23)2)34-15-22(32)28-21-6-4-3-5-20(21)24(33)27-19-13-11-18(26)12-14-19/h3-14H,15H2,1-2H3,(H,27,33)(H,28,32). The maximum atomic E-state index is 13.1. The smallest absolute Gasteiger partial charge is 0.257 e. The molecule has 0 aliphatic rings. The van der Waals surface area contributed by atoms with Gasteiger partial charge in [-0.1, -0.05) is 53.7 Å². The summed E-state index contributed by atoms with van der Waals surface area (Å²) >= 11 is 1.25. The van der Waals surface area contributed by atoms with Crippen molar-refractivity contribution in [1.82, 2.24) is 14.8 Å². The first-order valence-corrected chi connectivity index (χ1v) is 11.4. The molecule has 0 fully saturated rings. The second-order valence-electron chi connectivity index (χ2n) is 7.57. The van der Waals surface area contributed by atoms with E-state index in [0.29, 0.717) is 27.9 Å². The number of thioether (sulfide) groups is 1. The minimum absolute atomic E-state index is 0.0911. The van der Waals surface area contributed by atoms with Crippen LogP contribution in [0.2, 0.25) is 0 Å². The van der Waals surface area contributed by atoms with Crippen LogP contribution in [-0.2, 0) is 11.8 Å². The Morgan fingerprint density at radius 2 is 1.65 bits per heavy atom. The van der Waals surface area contributed by atoms with Crippen LogP contribution in [0.1, 0.15) is 15.9 Å². The Morgan fingerprint density at radius 3 is 2.38 bits per heavy atom. The van der Waals surface area contributed by atoms with Gasteiger partial charge in [0.25, 0.3) is 5.91 Å². The summed E-state index contributed by atoms with van der Waals surface area (Å²) in [5.41, 5.74) is 3.23. The van der Waals surface area contributed by atoms with Crippen LogP contribution in [0.4, 0.5) is 15.8 Å². The molecular formula is C25H22FN5O2S. The molecule has 0 unspecified atom stereocenters. The van der Waals surface area contributed by atoms with Crippen LogP contribution < -0.4 is 10.6 Å². The van der Waals surface area contributed by atoms with Crippen molar-refractivity contribution in [3.63, 3.8) is 0 Å². The second kappa shape index (κ2) is 10.3. The molecule has 0 saturated carbocycles. The molecule has 9 heteroatoms.